The van der Waals surface area contributed by atoms with E-state index in [0.29, 0.717) is 0 Å². The van der Waals surface area contributed by atoms with Crippen LogP contribution in [0.1, 0.15) is 12.3 Å². The molecule has 3 rings (SSSR count). The van der Waals surface area contributed by atoms with Crippen LogP contribution >= 0.6 is 11.8 Å². The molecule has 0 aliphatic rings. The molecule has 0 bridgehead atoms. The van der Waals surface area contributed by atoms with E-state index in [4.69, 9.17) is 0 Å². The summed E-state index contributed by atoms with van der Waals surface area (Å²) in [7, 11) is 0. The maximum atomic E-state index is 4.41. The molecule has 1 aromatic carbocycles. The average molecular weight is 270 g/mol. The van der Waals surface area contributed by atoms with Gasteiger partial charge in [0.25, 0.3) is 0 Å². The quantitative estimate of drug-likeness (QED) is 0.737. The fourth-order valence-corrected chi connectivity index (χ4v) is 2.68. The molecule has 1 N–H and O–H groups in total. The van der Waals surface area contributed by atoms with Gasteiger partial charge in [0.2, 0.25) is 0 Å². The molecule has 2 aromatic heterocycles. The minimum atomic E-state index is 0.213. The lowest BCUT2D eigenvalue weighted by molar-refractivity contribution is 0.640. The van der Waals surface area contributed by atoms with E-state index in [1.54, 1.807) is 18.0 Å². The van der Waals surface area contributed by atoms with Crippen molar-refractivity contribution in [1.29, 1.82) is 0 Å². The van der Waals surface area contributed by atoms with Crippen LogP contribution in [-0.2, 0) is 0 Å². The molecule has 4 nitrogen and oxygen atoms in total. The molecular formula is C14H14N4S. The number of nitrogens with one attached hydrogen (secondary N) is 1. The van der Waals surface area contributed by atoms with Crippen molar-refractivity contribution in [3.05, 3.63) is 55.0 Å². The minimum Gasteiger partial charge on any atom is -0.333 e. The van der Waals surface area contributed by atoms with Gasteiger partial charge in [-0.2, -0.15) is 5.10 Å². The lowest BCUT2D eigenvalue weighted by atomic mass is 10.2. The Balaban J connectivity index is 1.75. The Hall–Kier alpha value is -2.01. The van der Waals surface area contributed by atoms with Crippen LogP contribution in [0.25, 0.3) is 11.3 Å². The third-order valence-corrected chi connectivity index (χ3v) is 3.80. The number of imidazole rings is 1. The van der Waals surface area contributed by atoms with E-state index >= 15 is 0 Å². The van der Waals surface area contributed by atoms with Gasteiger partial charge in [-0.25, -0.2) is 4.98 Å². The molecule has 0 fully saturated rings. The number of rotatable bonds is 4. The van der Waals surface area contributed by atoms with Crippen molar-refractivity contribution in [2.24, 2.45) is 0 Å². The third-order valence-electron chi connectivity index (χ3n) is 2.82. The van der Waals surface area contributed by atoms with Crippen molar-refractivity contribution in [3.8, 4) is 11.3 Å². The second-order valence-electron chi connectivity index (χ2n) is 4.17. The SMILES string of the molecule is CC(Sc1ncc(-c2ccccc2)[nH]1)n1cccn1. The number of hydrogen-bond acceptors (Lipinski definition) is 3. The van der Waals surface area contributed by atoms with E-state index in [-0.39, 0.29) is 5.37 Å². The second kappa shape index (κ2) is 5.32. The fraction of sp³-hybridized carbons (Fsp3) is 0.143. The van der Waals surface area contributed by atoms with E-state index in [2.05, 4.69) is 34.1 Å². The first-order valence-electron chi connectivity index (χ1n) is 6.09. The molecule has 0 aliphatic heterocycles. The fourth-order valence-electron chi connectivity index (χ4n) is 1.84. The van der Waals surface area contributed by atoms with Crippen molar-refractivity contribution in [2.45, 2.75) is 17.5 Å². The molecule has 3 aromatic rings. The van der Waals surface area contributed by atoms with Gasteiger partial charge in [-0.1, -0.05) is 42.1 Å². The van der Waals surface area contributed by atoms with E-state index in [1.807, 2.05) is 41.3 Å². The number of H-pyrrole nitrogens is 1. The van der Waals surface area contributed by atoms with E-state index < -0.39 is 0 Å². The maximum Gasteiger partial charge on any atom is 0.167 e. The predicted molar refractivity (Wildman–Crippen MR) is 76.8 cm³/mol. The highest BCUT2D eigenvalue weighted by molar-refractivity contribution is 7.99. The monoisotopic (exact) mass is 270 g/mol. The van der Waals surface area contributed by atoms with Gasteiger partial charge in [0.05, 0.1) is 11.9 Å². The maximum absolute atomic E-state index is 4.41. The first-order valence-corrected chi connectivity index (χ1v) is 6.97. The number of hydrogen-bond donors (Lipinski definition) is 1. The van der Waals surface area contributed by atoms with Gasteiger partial charge in [0, 0.05) is 12.4 Å². The first kappa shape index (κ1) is 12.0. The zero-order chi connectivity index (χ0) is 13.1. The molecule has 0 spiro atoms. The zero-order valence-electron chi connectivity index (χ0n) is 10.5. The van der Waals surface area contributed by atoms with Gasteiger partial charge in [-0.05, 0) is 18.6 Å². The smallest absolute Gasteiger partial charge is 0.167 e. The van der Waals surface area contributed by atoms with E-state index in [0.717, 1.165) is 16.4 Å². The molecule has 5 heteroatoms. The summed E-state index contributed by atoms with van der Waals surface area (Å²) in [6.45, 7) is 2.10. The van der Waals surface area contributed by atoms with Gasteiger partial charge < -0.3 is 4.98 Å². The molecule has 0 saturated heterocycles. The Morgan fingerprint density at radius 3 is 2.79 bits per heavy atom. The van der Waals surface area contributed by atoms with E-state index in [9.17, 15) is 0 Å². The number of thioether (sulfide) groups is 1. The van der Waals surface area contributed by atoms with Crippen molar-refractivity contribution in [3.63, 3.8) is 0 Å². The second-order valence-corrected chi connectivity index (χ2v) is 5.48. The summed E-state index contributed by atoms with van der Waals surface area (Å²) in [5.74, 6) is 0. The molecule has 2 heterocycles. The van der Waals surface area contributed by atoms with Crippen LogP contribution < -0.4 is 0 Å². The normalized spacial score (nSPS) is 12.5. The summed E-state index contributed by atoms with van der Waals surface area (Å²) in [6.07, 6.45) is 5.61. The Morgan fingerprint density at radius 1 is 1.21 bits per heavy atom. The molecule has 1 unspecified atom stereocenters. The first-order chi connectivity index (χ1) is 9.33. The molecule has 0 amide bonds. The topological polar surface area (TPSA) is 46.5 Å². The standard InChI is InChI=1S/C14H14N4S/c1-11(18-9-5-8-16-18)19-14-15-10-13(17-14)12-6-3-2-4-7-12/h2-11H,1H3,(H,15,17). The number of aromatic nitrogens is 4. The highest BCUT2D eigenvalue weighted by atomic mass is 32.2. The van der Waals surface area contributed by atoms with Crippen LogP contribution in [0.5, 0.6) is 0 Å². The lowest BCUT2D eigenvalue weighted by Crippen LogP contribution is -2.01. The predicted octanol–water partition coefficient (Wildman–Crippen LogP) is 3.58. The van der Waals surface area contributed by atoms with Gasteiger partial charge in [-0.15, -0.1) is 0 Å². The summed E-state index contributed by atoms with van der Waals surface area (Å²) in [5.41, 5.74) is 2.18. The molecule has 19 heavy (non-hydrogen) atoms. The van der Waals surface area contributed by atoms with Crippen LogP contribution in [0, 0.1) is 0 Å². The summed E-state index contributed by atoms with van der Waals surface area (Å²) in [4.78, 5) is 7.74. The lowest BCUT2D eigenvalue weighted by Gasteiger charge is -2.09. The molecule has 0 saturated carbocycles. The molecule has 1 atom stereocenters. The molecule has 96 valence electrons. The van der Waals surface area contributed by atoms with Crippen LogP contribution in [0.15, 0.2) is 60.1 Å². The highest BCUT2D eigenvalue weighted by Crippen LogP contribution is 2.29. The van der Waals surface area contributed by atoms with Crippen molar-refractivity contribution < 1.29 is 0 Å². The number of benzene rings is 1. The summed E-state index contributed by atoms with van der Waals surface area (Å²) >= 11 is 1.65. The zero-order valence-corrected chi connectivity index (χ0v) is 11.3. The van der Waals surface area contributed by atoms with Gasteiger partial charge in [0.15, 0.2) is 5.16 Å². The van der Waals surface area contributed by atoms with Crippen molar-refractivity contribution in [1.82, 2.24) is 19.7 Å². The average Bonchev–Trinajstić information content (AvgIpc) is 3.11. The molecule has 0 radical (unpaired) electrons. The molecule has 0 aliphatic carbocycles. The largest absolute Gasteiger partial charge is 0.333 e. The van der Waals surface area contributed by atoms with Gasteiger partial charge >= 0.3 is 0 Å². The van der Waals surface area contributed by atoms with Crippen LogP contribution in [0.3, 0.4) is 0 Å². The van der Waals surface area contributed by atoms with Crippen molar-refractivity contribution >= 4 is 11.8 Å². The highest BCUT2D eigenvalue weighted by Gasteiger charge is 2.10. The Morgan fingerprint density at radius 2 is 2.05 bits per heavy atom. The molecular weight excluding hydrogens is 256 g/mol. The Labute approximate surface area is 115 Å². The Bertz CT molecular complexity index is 631. The summed E-state index contributed by atoms with van der Waals surface area (Å²) in [5, 5.41) is 5.35. The third kappa shape index (κ3) is 2.71. The van der Waals surface area contributed by atoms with Crippen molar-refractivity contribution in [2.75, 3.05) is 0 Å². The van der Waals surface area contributed by atoms with Gasteiger partial charge in [-0.3, -0.25) is 4.68 Å². The van der Waals surface area contributed by atoms with E-state index in [1.165, 1.54) is 0 Å². The summed E-state index contributed by atoms with van der Waals surface area (Å²) < 4.78 is 1.91. The van der Waals surface area contributed by atoms with Crippen LogP contribution in [-0.4, -0.2) is 19.7 Å². The van der Waals surface area contributed by atoms with Crippen LogP contribution in [0.4, 0.5) is 0 Å². The van der Waals surface area contributed by atoms with Crippen LogP contribution in [0.2, 0.25) is 0 Å². The number of aromatic amines is 1. The van der Waals surface area contributed by atoms with Gasteiger partial charge in [0.1, 0.15) is 5.37 Å². The summed E-state index contributed by atoms with van der Waals surface area (Å²) in [6, 6.07) is 12.1. The number of nitrogens with zero attached hydrogens (tertiary/aromatic N) is 3. The Kier molecular flexibility index (Phi) is 3.37. The minimum absolute atomic E-state index is 0.213.